The van der Waals surface area contributed by atoms with Crippen LogP contribution in [0.3, 0.4) is 0 Å². The molecule has 2 aliphatic heterocycles. The Bertz CT molecular complexity index is 783. The topological polar surface area (TPSA) is 82.5 Å². The van der Waals surface area contributed by atoms with Crippen LogP contribution in [0.2, 0.25) is 0 Å². The van der Waals surface area contributed by atoms with Crippen molar-refractivity contribution in [3.8, 4) is 10.8 Å². The third kappa shape index (κ3) is 3.02. The molecular formula is C18H23N5O2S. The zero-order valence-corrected chi connectivity index (χ0v) is 15.7. The zero-order chi connectivity index (χ0) is 18.1. The van der Waals surface area contributed by atoms with Crippen LogP contribution in [0, 0.1) is 5.41 Å². The van der Waals surface area contributed by atoms with Crippen LogP contribution in [-0.2, 0) is 0 Å². The quantitative estimate of drug-likeness (QED) is 0.878. The number of aliphatic hydroxyl groups excluding tert-OH is 1. The van der Waals surface area contributed by atoms with Gasteiger partial charge in [0.15, 0.2) is 10.8 Å². The van der Waals surface area contributed by atoms with Crippen LogP contribution in [0.5, 0.6) is 0 Å². The number of aromatic nitrogens is 3. The summed E-state index contributed by atoms with van der Waals surface area (Å²) in [5.41, 5.74) is 0.377. The maximum atomic E-state index is 13.0. The highest BCUT2D eigenvalue weighted by atomic mass is 32.1. The third-order valence-electron chi connectivity index (χ3n) is 5.78. The molecule has 7 nitrogen and oxygen atoms in total. The predicted octanol–water partition coefficient (Wildman–Crippen LogP) is 1.52. The summed E-state index contributed by atoms with van der Waals surface area (Å²) in [5, 5.41) is 12.5. The molecule has 0 aromatic carbocycles. The van der Waals surface area contributed by atoms with Gasteiger partial charge in [-0.2, -0.15) is 0 Å². The first kappa shape index (κ1) is 17.5. The number of rotatable bonds is 3. The number of nitrogens with zero attached hydrogens (tertiary/aromatic N) is 5. The van der Waals surface area contributed by atoms with Crippen LogP contribution >= 0.6 is 11.3 Å². The fourth-order valence-electron chi connectivity index (χ4n) is 4.25. The van der Waals surface area contributed by atoms with Crippen LogP contribution in [0.15, 0.2) is 23.8 Å². The lowest BCUT2D eigenvalue weighted by Crippen LogP contribution is -2.62. The van der Waals surface area contributed by atoms with Gasteiger partial charge in [-0.25, -0.2) is 15.0 Å². The average Bonchev–Trinajstić information content (AvgIpc) is 3.18. The monoisotopic (exact) mass is 373 g/mol. The van der Waals surface area contributed by atoms with E-state index in [4.69, 9.17) is 0 Å². The number of hydrogen-bond donors (Lipinski definition) is 1. The highest BCUT2D eigenvalue weighted by Crippen LogP contribution is 2.41. The molecule has 138 valence electrons. The Kier molecular flexibility index (Phi) is 4.73. The SMILES string of the molecule is CN1CCC[C@]2(CO)CCN(C(=O)c3csc(-c4ncccn4)n3)C[C@@H]12. The highest BCUT2D eigenvalue weighted by molar-refractivity contribution is 7.13. The molecule has 0 aliphatic carbocycles. The molecule has 0 saturated carbocycles. The minimum absolute atomic E-state index is 0.0473. The van der Waals surface area contributed by atoms with Crippen molar-refractivity contribution in [1.82, 2.24) is 24.8 Å². The summed E-state index contributed by atoms with van der Waals surface area (Å²) in [6, 6.07) is 1.96. The average molecular weight is 373 g/mol. The maximum Gasteiger partial charge on any atom is 0.273 e. The molecule has 0 bridgehead atoms. The molecule has 0 unspecified atom stereocenters. The second-order valence-corrected chi connectivity index (χ2v) is 8.09. The summed E-state index contributed by atoms with van der Waals surface area (Å²) in [6.07, 6.45) is 6.32. The van der Waals surface area contributed by atoms with E-state index in [-0.39, 0.29) is 24.0 Å². The van der Waals surface area contributed by atoms with Gasteiger partial charge in [0.25, 0.3) is 5.91 Å². The molecule has 0 spiro atoms. The number of amides is 1. The molecule has 2 aromatic heterocycles. The number of thiazole rings is 1. The normalized spacial score (nSPS) is 26.5. The molecule has 26 heavy (non-hydrogen) atoms. The van der Waals surface area contributed by atoms with Crippen molar-refractivity contribution in [3.05, 3.63) is 29.5 Å². The van der Waals surface area contributed by atoms with Gasteiger partial charge in [-0.05, 0) is 38.9 Å². The van der Waals surface area contributed by atoms with Crippen LogP contribution < -0.4 is 0 Å². The smallest absolute Gasteiger partial charge is 0.273 e. The van der Waals surface area contributed by atoms with E-state index in [0.29, 0.717) is 29.6 Å². The van der Waals surface area contributed by atoms with E-state index >= 15 is 0 Å². The number of fused-ring (bicyclic) bond motifs is 1. The van der Waals surface area contributed by atoms with Gasteiger partial charge < -0.3 is 14.9 Å². The number of carbonyl (C=O) groups is 1. The lowest BCUT2D eigenvalue weighted by Gasteiger charge is -2.53. The molecule has 0 radical (unpaired) electrons. The van der Waals surface area contributed by atoms with Gasteiger partial charge in [0.1, 0.15) is 5.69 Å². The summed E-state index contributed by atoms with van der Waals surface area (Å²) in [7, 11) is 2.09. The lowest BCUT2D eigenvalue weighted by molar-refractivity contribution is -0.0602. The van der Waals surface area contributed by atoms with Gasteiger partial charge >= 0.3 is 0 Å². The molecule has 2 atom stereocenters. The molecular weight excluding hydrogens is 350 g/mol. The highest BCUT2D eigenvalue weighted by Gasteiger charge is 2.47. The molecule has 8 heteroatoms. The Hall–Kier alpha value is -1.90. The Labute approximate surface area is 156 Å². The molecule has 1 N–H and O–H groups in total. The Morgan fingerprint density at radius 2 is 2.15 bits per heavy atom. The first-order valence-electron chi connectivity index (χ1n) is 8.96. The van der Waals surface area contributed by atoms with Gasteiger partial charge in [-0.3, -0.25) is 4.79 Å². The van der Waals surface area contributed by atoms with Crippen LogP contribution in [0.4, 0.5) is 0 Å². The summed E-state index contributed by atoms with van der Waals surface area (Å²) in [4.78, 5) is 30.0. The minimum Gasteiger partial charge on any atom is -0.396 e. The first-order valence-corrected chi connectivity index (χ1v) is 9.84. The zero-order valence-electron chi connectivity index (χ0n) is 14.8. The predicted molar refractivity (Wildman–Crippen MR) is 98.8 cm³/mol. The van der Waals surface area contributed by atoms with Crippen molar-refractivity contribution in [2.24, 2.45) is 5.41 Å². The molecule has 2 fully saturated rings. The van der Waals surface area contributed by atoms with Gasteiger partial charge in [0.05, 0.1) is 6.61 Å². The van der Waals surface area contributed by atoms with E-state index < -0.39 is 0 Å². The van der Waals surface area contributed by atoms with E-state index in [9.17, 15) is 9.90 Å². The molecule has 2 aromatic rings. The molecule has 4 rings (SSSR count). The maximum absolute atomic E-state index is 13.0. The van der Waals surface area contributed by atoms with Gasteiger partial charge in [-0.1, -0.05) is 0 Å². The fraction of sp³-hybridized carbons (Fsp3) is 0.556. The van der Waals surface area contributed by atoms with E-state index in [1.807, 2.05) is 4.90 Å². The Morgan fingerprint density at radius 3 is 2.92 bits per heavy atom. The van der Waals surface area contributed by atoms with Gasteiger partial charge in [0.2, 0.25) is 0 Å². The van der Waals surface area contributed by atoms with E-state index in [1.165, 1.54) is 11.3 Å². The Morgan fingerprint density at radius 1 is 1.35 bits per heavy atom. The number of likely N-dealkylation sites (tertiary alicyclic amines) is 2. The van der Waals surface area contributed by atoms with Crippen molar-refractivity contribution >= 4 is 17.2 Å². The van der Waals surface area contributed by atoms with E-state index in [0.717, 1.165) is 25.8 Å². The van der Waals surface area contributed by atoms with Crippen molar-refractivity contribution < 1.29 is 9.90 Å². The standard InChI is InChI=1S/C18H23N5O2S/c1-22-8-2-4-18(12-24)5-9-23(10-14(18)22)17(25)13-11-26-16(21-13)15-19-6-3-7-20-15/h3,6-7,11,14,24H,2,4-5,8-10,12H2,1H3/t14-,18-/m1/s1. The fourth-order valence-corrected chi connectivity index (χ4v) is 4.99. The third-order valence-corrected chi connectivity index (χ3v) is 6.62. The van der Waals surface area contributed by atoms with Crippen LogP contribution in [-0.4, -0.2) is 75.1 Å². The molecule has 2 aliphatic rings. The number of piperidine rings is 2. The minimum atomic E-state index is -0.0745. The lowest BCUT2D eigenvalue weighted by atomic mass is 9.69. The van der Waals surface area contributed by atoms with Gasteiger partial charge in [-0.15, -0.1) is 11.3 Å². The molecule has 2 saturated heterocycles. The van der Waals surface area contributed by atoms with Crippen molar-refractivity contribution in [3.63, 3.8) is 0 Å². The summed E-state index contributed by atoms with van der Waals surface area (Å²) >= 11 is 1.39. The number of likely N-dealkylation sites (N-methyl/N-ethyl adjacent to an activating group) is 1. The van der Waals surface area contributed by atoms with Crippen molar-refractivity contribution in [2.45, 2.75) is 25.3 Å². The first-order chi connectivity index (χ1) is 12.6. The second kappa shape index (κ2) is 7.02. The summed E-state index contributed by atoms with van der Waals surface area (Å²) < 4.78 is 0. The van der Waals surface area contributed by atoms with Crippen molar-refractivity contribution in [1.29, 1.82) is 0 Å². The summed E-state index contributed by atoms with van der Waals surface area (Å²) in [6.45, 7) is 2.51. The van der Waals surface area contributed by atoms with Crippen molar-refractivity contribution in [2.75, 3.05) is 33.3 Å². The number of aliphatic hydroxyl groups is 1. The Balaban J connectivity index is 1.52. The molecule has 1 amide bonds. The number of hydrogen-bond acceptors (Lipinski definition) is 7. The second-order valence-electron chi connectivity index (χ2n) is 7.23. The van der Waals surface area contributed by atoms with Crippen LogP contribution in [0.25, 0.3) is 10.8 Å². The van der Waals surface area contributed by atoms with E-state index in [1.54, 1.807) is 23.8 Å². The molecule has 4 heterocycles. The van der Waals surface area contributed by atoms with Gasteiger partial charge in [0, 0.05) is 42.3 Å². The van der Waals surface area contributed by atoms with E-state index in [2.05, 4.69) is 26.9 Å². The number of carbonyl (C=O) groups excluding carboxylic acids is 1. The van der Waals surface area contributed by atoms with Crippen LogP contribution in [0.1, 0.15) is 29.8 Å². The summed E-state index contributed by atoms with van der Waals surface area (Å²) in [5.74, 6) is 0.496. The largest absolute Gasteiger partial charge is 0.396 e.